The third-order valence-corrected chi connectivity index (χ3v) is 4.23. The van der Waals surface area contributed by atoms with E-state index in [1.165, 1.54) is 13.8 Å². The minimum absolute atomic E-state index is 0.0910. The fourth-order valence-electron chi connectivity index (χ4n) is 2.69. The summed E-state index contributed by atoms with van der Waals surface area (Å²) in [6, 6.07) is 1.69. The Morgan fingerprint density at radius 1 is 1.24 bits per heavy atom. The van der Waals surface area contributed by atoms with E-state index >= 15 is 0 Å². The first-order valence-corrected chi connectivity index (χ1v) is 9.08. The summed E-state index contributed by atoms with van der Waals surface area (Å²) in [6.45, 7) is 0.729. The van der Waals surface area contributed by atoms with Gasteiger partial charge < -0.3 is 23.8 Å². The standard InChI is InChI=1S/C18H17F6NO8/c1-10-7-13(32-18(22,23)24)8-12-3-5-16(17(19,20)21,33-14(10)12)9-29-15(26)31-11(2)4-6-30-25(27)28/h3,5,7-8,11H,4,6,9H2,1-2H3/t11?,16-/m0/s1. The fraction of sp³-hybridized carbons (Fsp3) is 0.500. The first-order valence-electron chi connectivity index (χ1n) is 9.08. The zero-order valence-corrected chi connectivity index (χ0v) is 17.0. The second kappa shape index (κ2) is 9.62. The first kappa shape index (κ1) is 25.9. The maximum Gasteiger partial charge on any atom is 0.573 e. The number of benzene rings is 1. The predicted molar refractivity (Wildman–Crippen MR) is 95.8 cm³/mol. The molecule has 0 N–H and O–H groups in total. The predicted octanol–water partition coefficient (Wildman–Crippen LogP) is 4.74. The third-order valence-electron chi connectivity index (χ3n) is 4.23. The van der Waals surface area contributed by atoms with Gasteiger partial charge in [0.2, 0.25) is 0 Å². The van der Waals surface area contributed by atoms with Gasteiger partial charge in [0.1, 0.15) is 24.2 Å². The van der Waals surface area contributed by atoms with Crippen molar-refractivity contribution in [2.75, 3.05) is 13.2 Å². The van der Waals surface area contributed by atoms with Gasteiger partial charge in [-0.25, -0.2) is 4.79 Å². The van der Waals surface area contributed by atoms with Crippen LogP contribution < -0.4 is 9.47 Å². The topological polar surface area (TPSA) is 106 Å². The van der Waals surface area contributed by atoms with Crippen molar-refractivity contribution in [2.45, 2.75) is 44.5 Å². The van der Waals surface area contributed by atoms with E-state index < -0.39 is 54.4 Å². The Morgan fingerprint density at radius 2 is 1.91 bits per heavy atom. The third kappa shape index (κ3) is 7.05. The van der Waals surface area contributed by atoms with Crippen LogP contribution in [0.25, 0.3) is 6.08 Å². The number of rotatable bonds is 8. The summed E-state index contributed by atoms with van der Waals surface area (Å²) in [5.41, 5.74) is -3.35. The minimum atomic E-state index is -5.10. The maximum absolute atomic E-state index is 13.8. The lowest BCUT2D eigenvalue weighted by molar-refractivity contribution is -0.758. The van der Waals surface area contributed by atoms with E-state index in [1.54, 1.807) is 0 Å². The van der Waals surface area contributed by atoms with Gasteiger partial charge >= 0.3 is 18.7 Å². The van der Waals surface area contributed by atoms with Gasteiger partial charge in [-0.3, -0.25) is 0 Å². The van der Waals surface area contributed by atoms with Gasteiger partial charge in [0.05, 0.1) is 6.61 Å². The summed E-state index contributed by atoms with van der Waals surface area (Å²) in [5, 5.41) is 9.00. The normalized spacial score (nSPS) is 18.5. The van der Waals surface area contributed by atoms with E-state index in [9.17, 15) is 41.3 Å². The summed E-state index contributed by atoms with van der Waals surface area (Å²) in [4.78, 5) is 25.9. The van der Waals surface area contributed by atoms with Crippen LogP contribution in [-0.2, 0) is 14.3 Å². The van der Waals surface area contributed by atoms with Gasteiger partial charge in [-0.1, -0.05) is 6.08 Å². The molecule has 1 unspecified atom stereocenters. The largest absolute Gasteiger partial charge is 0.573 e. The van der Waals surface area contributed by atoms with E-state index in [0.717, 1.165) is 18.2 Å². The Kier molecular flexibility index (Phi) is 7.54. The Labute approximate surface area is 181 Å². The molecule has 0 aromatic heterocycles. The number of carbonyl (C=O) groups is 1. The van der Waals surface area contributed by atoms with Crippen LogP contribution in [-0.4, -0.2) is 48.7 Å². The van der Waals surface area contributed by atoms with Crippen LogP contribution in [0.5, 0.6) is 11.5 Å². The molecule has 0 saturated carbocycles. The molecular weight excluding hydrogens is 472 g/mol. The molecule has 0 bridgehead atoms. The molecule has 0 fully saturated rings. The molecule has 0 radical (unpaired) electrons. The second-order valence-electron chi connectivity index (χ2n) is 6.84. The van der Waals surface area contributed by atoms with Crippen LogP contribution in [0.4, 0.5) is 31.1 Å². The van der Waals surface area contributed by atoms with Crippen molar-refractivity contribution >= 4 is 12.2 Å². The highest BCUT2D eigenvalue weighted by molar-refractivity contribution is 5.66. The molecule has 1 aliphatic rings. The summed E-state index contributed by atoms with van der Waals surface area (Å²) >= 11 is 0. The highest BCUT2D eigenvalue weighted by atomic mass is 19.4. The SMILES string of the molecule is Cc1cc(OC(F)(F)F)cc2c1O[C@@](COC(=O)OC(C)CCO[N+](=O)[O-])(C(F)(F)F)C=C2. The Balaban J connectivity index is 2.13. The zero-order valence-electron chi connectivity index (χ0n) is 17.0. The molecular formula is C18H17F6NO8. The minimum Gasteiger partial charge on any atom is -0.469 e. The summed E-state index contributed by atoms with van der Waals surface area (Å²) in [5.74, 6) is -1.03. The number of aryl methyl sites for hydroxylation is 1. The van der Waals surface area contributed by atoms with Gasteiger partial charge in [0.15, 0.2) is 0 Å². The smallest absolute Gasteiger partial charge is 0.469 e. The Morgan fingerprint density at radius 3 is 2.48 bits per heavy atom. The van der Waals surface area contributed by atoms with Gasteiger partial charge in [0.25, 0.3) is 10.7 Å². The van der Waals surface area contributed by atoms with E-state index in [-0.39, 0.29) is 23.3 Å². The molecule has 0 amide bonds. The highest BCUT2D eigenvalue weighted by Crippen LogP contribution is 2.44. The van der Waals surface area contributed by atoms with Crippen LogP contribution in [0.1, 0.15) is 24.5 Å². The lowest BCUT2D eigenvalue weighted by Crippen LogP contribution is -2.54. The number of nitrogens with zero attached hydrogens (tertiary/aromatic N) is 1. The molecule has 0 saturated heterocycles. The van der Waals surface area contributed by atoms with Gasteiger partial charge in [0, 0.05) is 12.0 Å². The Bertz CT molecular complexity index is 916. The average Bonchev–Trinajstić information content (AvgIpc) is 2.64. The number of hydrogen-bond donors (Lipinski definition) is 0. The molecule has 1 aromatic rings. The number of carbonyl (C=O) groups excluding carboxylic acids is 1. The van der Waals surface area contributed by atoms with Crippen LogP contribution >= 0.6 is 0 Å². The van der Waals surface area contributed by atoms with Crippen molar-refractivity contribution in [1.82, 2.24) is 0 Å². The summed E-state index contributed by atoms with van der Waals surface area (Å²) < 4.78 is 96.9. The van der Waals surface area contributed by atoms with Crippen LogP contribution in [0.15, 0.2) is 18.2 Å². The monoisotopic (exact) mass is 489 g/mol. The fourth-order valence-corrected chi connectivity index (χ4v) is 2.69. The van der Waals surface area contributed by atoms with Crippen molar-refractivity contribution in [2.24, 2.45) is 0 Å². The van der Waals surface area contributed by atoms with E-state index in [4.69, 9.17) is 9.47 Å². The van der Waals surface area contributed by atoms with Crippen molar-refractivity contribution in [3.63, 3.8) is 0 Å². The summed E-state index contributed by atoms with van der Waals surface area (Å²) in [6.07, 6.45) is -11.3. The van der Waals surface area contributed by atoms with Crippen molar-refractivity contribution in [3.05, 3.63) is 39.4 Å². The van der Waals surface area contributed by atoms with Gasteiger partial charge in [-0.05, 0) is 37.6 Å². The molecule has 0 aliphatic carbocycles. The molecule has 1 aromatic carbocycles. The molecule has 1 heterocycles. The average molecular weight is 489 g/mol. The number of hydrogen-bond acceptors (Lipinski definition) is 8. The zero-order chi connectivity index (χ0) is 25.0. The maximum atomic E-state index is 13.8. The molecule has 9 nitrogen and oxygen atoms in total. The first-order chi connectivity index (χ1) is 15.1. The Hall–Kier alpha value is -3.39. The number of halogens is 6. The van der Waals surface area contributed by atoms with Gasteiger partial charge in [-0.15, -0.1) is 23.3 Å². The summed E-state index contributed by atoms with van der Waals surface area (Å²) in [7, 11) is 0. The molecule has 184 valence electrons. The number of fused-ring (bicyclic) bond motifs is 1. The molecule has 2 rings (SSSR count). The van der Waals surface area contributed by atoms with E-state index in [1.807, 2.05) is 0 Å². The number of alkyl halides is 6. The van der Waals surface area contributed by atoms with E-state index in [2.05, 4.69) is 14.3 Å². The van der Waals surface area contributed by atoms with Crippen LogP contribution in [0.2, 0.25) is 0 Å². The van der Waals surface area contributed by atoms with Crippen LogP contribution in [0, 0.1) is 17.0 Å². The van der Waals surface area contributed by atoms with E-state index in [0.29, 0.717) is 6.08 Å². The van der Waals surface area contributed by atoms with Crippen molar-refractivity contribution in [3.8, 4) is 11.5 Å². The lowest BCUT2D eigenvalue weighted by atomic mass is 9.96. The molecule has 0 spiro atoms. The lowest BCUT2D eigenvalue weighted by Gasteiger charge is -2.36. The van der Waals surface area contributed by atoms with Crippen molar-refractivity contribution in [1.29, 1.82) is 0 Å². The molecule has 2 atom stereocenters. The van der Waals surface area contributed by atoms with Crippen molar-refractivity contribution < 1.29 is 60.0 Å². The molecule has 15 heteroatoms. The van der Waals surface area contributed by atoms with Crippen LogP contribution in [0.3, 0.4) is 0 Å². The molecule has 1 aliphatic heterocycles. The number of ether oxygens (including phenoxy) is 4. The highest BCUT2D eigenvalue weighted by Gasteiger charge is 2.58. The van der Waals surface area contributed by atoms with Gasteiger partial charge in [-0.2, -0.15) is 13.2 Å². The molecule has 33 heavy (non-hydrogen) atoms. The quantitative estimate of drug-likeness (QED) is 0.223. The second-order valence-corrected chi connectivity index (χ2v) is 6.84.